The molecule has 8 nitrogen and oxygen atoms in total. The van der Waals surface area contributed by atoms with Crippen molar-refractivity contribution in [3.05, 3.63) is 30.0 Å². The summed E-state index contributed by atoms with van der Waals surface area (Å²) in [6.45, 7) is 3.56. The molecule has 1 fully saturated rings. The second-order valence-corrected chi connectivity index (χ2v) is 5.84. The lowest BCUT2D eigenvalue weighted by Gasteiger charge is -2.27. The fourth-order valence-electron chi connectivity index (χ4n) is 2.79. The molecule has 2 aromatic heterocycles. The zero-order valence-corrected chi connectivity index (χ0v) is 13.2. The zero-order valence-electron chi connectivity index (χ0n) is 13.2. The van der Waals surface area contributed by atoms with Crippen LogP contribution < -0.4 is 16.0 Å². The molecule has 0 bridgehead atoms. The van der Waals surface area contributed by atoms with Gasteiger partial charge in [-0.1, -0.05) is 6.07 Å². The van der Waals surface area contributed by atoms with Crippen molar-refractivity contribution >= 4 is 28.6 Å². The molecule has 0 unspecified atom stereocenters. The van der Waals surface area contributed by atoms with Gasteiger partial charge in [0, 0.05) is 15.9 Å². The molecule has 1 saturated heterocycles. The van der Waals surface area contributed by atoms with Gasteiger partial charge in [-0.2, -0.15) is 0 Å². The Morgan fingerprint density at radius 2 is 2.21 bits per heavy atom. The number of hydrogen-bond acceptors (Lipinski definition) is 6. The van der Waals surface area contributed by atoms with Crippen molar-refractivity contribution in [3.63, 3.8) is 0 Å². The number of H-pyrrole nitrogens is 1. The van der Waals surface area contributed by atoms with Gasteiger partial charge in [-0.15, -0.1) is 0 Å². The monoisotopic (exact) mass is 327 g/mol. The summed E-state index contributed by atoms with van der Waals surface area (Å²) in [6, 6.07) is 5.98. The Labute approximate surface area is 141 Å². The number of aromatic nitrogens is 4. The van der Waals surface area contributed by atoms with Gasteiger partial charge in [0.1, 0.15) is 5.82 Å². The van der Waals surface area contributed by atoms with Crippen LogP contribution in [0.15, 0.2) is 24.4 Å². The van der Waals surface area contributed by atoms with Crippen molar-refractivity contribution in [1.29, 1.82) is 0 Å². The predicted molar refractivity (Wildman–Crippen MR) is 95.7 cm³/mol. The summed E-state index contributed by atoms with van der Waals surface area (Å²) in [5, 5.41) is 2.79. The topological polar surface area (TPSA) is 113 Å². The first kappa shape index (κ1) is 14.4. The van der Waals surface area contributed by atoms with Gasteiger partial charge in [0.15, 0.2) is 17.3 Å². The second-order valence-electron chi connectivity index (χ2n) is 5.84. The molecule has 1 aromatic carbocycles. The van der Waals surface area contributed by atoms with Crippen LogP contribution in [-0.4, -0.2) is 45.5 Å². The highest BCUT2D eigenvalue weighted by Crippen LogP contribution is 2.25. The van der Waals surface area contributed by atoms with Crippen molar-refractivity contribution in [2.24, 2.45) is 0 Å². The number of benzene rings is 1. The van der Waals surface area contributed by atoms with E-state index in [-0.39, 0.29) is 15.3 Å². The van der Waals surface area contributed by atoms with Crippen molar-refractivity contribution in [1.82, 2.24) is 25.3 Å². The number of anilines is 2. The van der Waals surface area contributed by atoms with Gasteiger partial charge >= 0.3 is 0 Å². The number of imidazole rings is 1. The van der Waals surface area contributed by atoms with E-state index in [1.54, 1.807) is 6.20 Å². The first-order valence-electron chi connectivity index (χ1n) is 7.71. The van der Waals surface area contributed by atoms with Gasteiger partial charge < -0.3 is 20.9 Å². The standard InChI is InChI=1S/C16H17N7O.2H2/c1-9-2-3-10-11(6-9)21-16(20-10)14-15(17)19-7-12(22-14)23-5-4-18-13(24)8-23;;/h2-3,6-7H,4-5,8H2,1H3,(H2,17,19)(H,18,24)(H,20,21);2*1H. The van der Waals surface area contributed by atoms with Gasteiger partial charge in [-0.05, 0) is 24.6 Å². The molecule has 3 aromatic rings. The number of nitrogen functional groups attached to an aromatic ring is 1. The predicted octanol–water partition coefficient (Wildman–Crippen LogP) is 1.34. The van der Waals surface area contributed by atoms with Gasteiger partial charge in [-0.3, -0.25) is 4.79 Å². The molecular formula is C16H21N7O. The Morgan fingerprint density at radius 3 is 3.04 bits per heavy atom. The maximum atomic E-state index is 11.6. The first-order valence-corrected chi connectivity index (χ1v) is 7.71. The molecule has 0 saturated carbocycles. The van der Waals surface area contributed by atoms with Crippen LogP contribution in [0.4, 0.5) is 11.6 Å². The third-order valence-corrected chi connectivity index (χ3v) is 4.01. The van der Waals surface area contributed by atoms with E-state index < -0.39 is 0 Å². The van der Waals surface area contributed by atoms with E-state index in [1.165, 1.54) is 0 Å². The van der Waals surface area contributed by atoms with Crippen LogP contribution in [0.5, 0.6) is 0 Å². The highest BCUT2D eigenvalue weighted by Gasteiger charge is 2.20. The fraction of sp³-hybridized carbons (Fsp3) is 0.250. The number of aryl methyl sites for hydroxylation is 1. The lowest BCUT2D eigenvalue weighted by Crippen LogP contribution is -2.48. The van der Waals surface area contributed by atoms with E-state index in [9.17, 15) is 4.79 Å². The summed E-state index contributed by atoms with van der Waals surface area (Å²) < 4.78 is 0. The van der Waals surface area contributed by atoms with Crippen LogP contribution in [-0.2, 0) is 4.79 Å². The number of piperazine rings is 1. The average molecular weight is 327 g/mol. The minimum atomic E-state index is -0.0272. The number of nitrogens with zero attached hydrogens (tertiary/aromatic N) is 4. The number of rotatable bonds is 2. The first-order chi connectivity index (χ1) is 11.6. The molecule has 4 N–H and O–H groups in total. The number of fused-ring (bicyclic) bond motifs is 1. The highest BCUT2D eigenvalue weighted by molar-refractivity contribution is 5.83. The number of nitrogens with one attached hydrogen (secondary N) is 2. The van der Waals surface area contributed by atoms with Crippen molar-refractivity contribution in [2.45, 2.75) is 6.92 Å². The van der Waals surface area contributed by atoms with Crippen molar-refractivity contribution in [3.8, 4) is 11.5 Å². The van der Waals surface area contributed by atoms with Crippen LogP contribution in [0.1, 0.15) is 8.42 Å². The van der Waals surface area contributed by atoms with Crippen LogP contribution in [0, 0.1) is 6.92 Å². The Morgan fingerprint density at radius 1 is 1.33 bits per heavy atom. The minimum Gasteiger partial charge on any atom is -0.382 e. The van der Waals surface area contributed by atoms with Gasteiger partial charge in [0.2, 0.25) is 5.91 Å². The van der Waals surface area contributed by atoms with Crippen LogP contribution >= 0.6 is 0 Å². The molecule has 24 heavy (non-hydrogen) atoms. The third kappa shape index (κ3) is 2.51. The Bertz CT molecular complexity index is 943. The lowest BCUT2D eigenvalue weighted by molar-refractivity contribution is -0.120. The molecule has 1 aliphatic heterocycles. The maximum Gasteiger partial charge on any atom is 0.239 e. The number of nitrogens with two attached hydrogens (primary N) is 1. The van der Waals surface area contributed by atoms with E-state index >= 15 is 0 Å². The molecule has 0 spiro atoms. The zero-order chi connectivity index (χ0) is 16.7. The number of carbonyl (C=O) groups excluding carboxylic acids is 1. The molecule has 1 amide bonds. The molecule has 0 aliphatic carbocycles. The molecule has 1 aliphatic rings. The number of amides is 1. The summed E-state index contributed by atoms with van der Waals surface area (Å²) in [7, 11) is 0. The normalized spacial score (nSPS) is 14.9. The number of hydrogen-bond donors (Lipinski definition) is 3. The summed E-state index contributed by atoms with van der Waals surface area (Å²) in [5.74, 6) is 1.46. The second kappa shape index (κ2) is 5.48. The molecule has 8 heteroatoms. The summed E-state index contributed by atoms with van der Waals surface area (Å²) in [4.78, 5) is 30.0. The Kier molecular flexibility index (Phi) is 3.30. The number of aromatic amines is 1. The highest BCUT2D eigenvalue weighted by atomic mass is 16.2. The number of carbonyl (C=O) groups is 1. The van der Waals surface area contributed by atoms with Gasteiger partial charge in [-0.25, -0.2) is 15.0 Å². The van der Waals surface area contributed by atoms with E-state index in [4.69, 9.17) is 5.73 Å². The quantitative estimate of drug-likeness (QED) is 0.654. The lowest BCUT2D eigenvalue weighted by atomic mass is 10.2. The molecule has 126 valence electrons. The SMILES string of the molecule is Cc1ccc2nc(-c3nc(N4CCNC(=O)C4)cnc3N)[nH]c2c1.[HH].[HH]. The van der Waals surface area contributed by atoms with E-state index in [1.807, 2.05) is 30.0 Å². The average Bonchev–Trinajstić information content (AvgIpc) is 2.98. The largest absolute Gasteiger partial charge is 0.382 e. The molecule has 4 rings (SSSR count). The summed E-state index contributed by atoms with van der Waals surface area (Å²) >= 11 is 0. The fourth-order valence-corrected chi connectivity index (χ4v) is 2.79. The summed E-state index contributed by atoms with van der Waals surface area (Å²) in [6.07, 6.45) is 1.59. The van der Waals surface area contributed by atoms with Gasteiger partial charge in [0.25, 0.3) is 0 Å². The van der Waals surface area contributed by atoms with Crippen LogP contribution in [0.3, 0.4) is 0 Å². The van der Waals surface area contributed by atoms with Crippen LogP contribution in [0.25, 0.3) is 22.6 Å². The van der Waals surface area contributed by atoms with Crippen molar-refractivity contribution < 1.29 is 7.65 Å². The van der Waals surface area contributed by atoms with Gasteiger partial charge in [0.05, 0.1) is 23.8 Å². The smallest absolute Gasteiger partial charge is 0.239 e. The van der Waals surface area contributed by atoms with E-state index in [2.05, 4.69) is 25.3 Å². The maximum absolute atomic E-state index is 11.6. The van der Waals surface area contributed by atoms with Crippen molar-refractivity contribution in [2.75, 3.05) is 30.3 Å². The molecule has 0 atom stereocenters. The van der Waals surface area contributed by atoms with E-state index in [0.29, 0.717) is 36.2 Å². The Hall–Kier alpha value is -3.16. The van der Waals surface area contributed by atoms with E-state index in [0.717, 1.165) is 16.6 Å². The minimum absolute atomic E-state index is 0. The van der Waals surface area contributed by atoms with Crippen LogP contribution in [0.2, 0.25) is 0 Å². The molecular weight excluding hydrogens is 306 g/mol. The summed E-state index contributed by atoms with van der Waals surface area (Å²) in [5.41, 5.74) is 9.41. The third-order valence-electron chi connectivity index (χ3n) is 4.01. The molecule has 0 radical (unpaired) electrons. The molecule has 3 heterocycles. The Balaban J connectivity index is 0.00000121.